The Balaban J connectivity index is 2.36. The number of hydrogen-bond donors (Lipinski definition) is 1. The molecule has 1 N–H and O–H groups in total. The fourth-order valence-corrected chi connectivity index (χ4v) is 4.86. The van der Waals surface area contributed by atoms with E-state index in [0.717, 1.165) is 44.2 Å². The standard InChI is InChI=1S/C15H19FO4S/c1-10-13(16)7-12(15(17)18)8-14(10)21(19,20)9-11-5-3-2-4-6-11/h7-8,11H,2-6,9H2,1H3,(H,17,18). The zero-order valence-corrected chi connectivity index (χ0v) is 12.7. The molecule has 1 aliphatic rings. The molecule has 116 valence electrons. The summed E-state index contributed by atoms with van der Waals surface area (Å²) in [6, 6.07) is 1.93. The number of carboxylic acids is 1. The molecule has 0 spiro atoms. The molecule has 6 heteroatoms. The predicted molar refractivity (Wildman–Crippen MR) is 76.7 cm³/mol. The van der Waals surface area contributed by atoms with Crippen molar-refractivity contribution in [3.05, 3.63) is 29.1 Å². The minimum absolute atomic E-state index is 0.00388. The van der Waals surface area contributed by atoms with Gasteiger partial charge in [0.15, 0.2) is 9.84 Å². The lowest BCUT2D eigenvalue weighted by Crippen LogP contribution is -2.20. The van der Waals surface area contributed by atoms with Gasteiger partial charge in [-0.1, -0.05) is 19.3 Å². The van der Waals surface area contributed by atoms with Gasteiger partial charge in [0.05, 0.1) is 16.2 Å². The predicted octanol–water partition coefficient (Wildman–Crippen LogP) is 3.19. The van der Waals surface area contributed by atoms with E-state index in [1.54, 1.807) is 0 Å². The van der Waals surface area contributed by atoms with Crippen molar-refractivity contribution in [3.63, 3.8) is 0 Å². The summed E-state index contributed by atoms with van der Waals surface area (Å²) in [4.78, 5) is 10.8. The Morgan fingerprint density at radius 1 is 1.29 bits per heavy atom. The molecule has 1 aromatic carbocycles. The number of halogens is 1. The summed E-state index contributed by atoms with van der Waals surface area (Å²) >= 11 is 0. The lowest BCUT2D eigenvalue weighted by Gasteiger charge is -2.21. The summed E-state index contributed by atoms with van der Waals surface area (Å²) in [5.74, 6) is -2.07. The second-order valence-electron chi connectivity index (χ2n) is 5.67. The molecule has 0 radical (unpaired) electrons. The second kappa shape index (κ2) is 6.13. The van der Waals surface area contributed by atoms with Crippen LogP contribution in [-0.2, 0) is 9.84 Å². The van der Waals surface area contributed by atoms with E-state index < -0.39 is 21.6 Å². The van der Waals surface area contributed by atoms with Crippen LogP contribution in [0.5, 0.6) is 0 Å². The van der Waals surface area contributed by atoms with Crippen molar-refractivity contribution in [2.45, 2.75) is 43.9 Å². The molecule has 2 rings (SSSR count). The van der Waals surface area contributed by atoms with Crippen molar-refractivity contribution in [2.75, 3.05) is 5.75 Å². The van der Waals surface area contributed by atoms with Gasteiger partial charge >= 0.3 is 5.97 Å². The first-order valence-corrected chi connectivity index (χ1v) is 8.72. The first-order chi connectivity index (χ1) is 9.81. The van der Waals surface area contributed by atoms with Crippen molar-refractivity contribution in [3.8, 4) is 0 Å². The number of hydrogen-bond acceptors (Lipinski definition) is 3. The zero-order chi connectivity index (χ0) is 15.6. The third kappa shape index (κ3) is 3.61. The average Bonchev–Trinajstić information content (AvgIpc) is 2.41. The van der Waals surface area contributed by atoms with E-state index in [1.165, 1.54) is 6.92 Å². The van der Waals surface area contributed by atoms with Crippen LogP contribution in [0, 0.1) is 18.7 Å². The molecule has 1 fully saturated rings. The van der Waals surface area contributed by atoms with Gasteiger partial charge < -0.3 is 5.11 Å². The summed E-state index contributed by atoms with van der Waals surface area (Å²) in [5, 5.41) is 8.95. The van der Waals surface area contributed by atoms with Gasteiger partial charge in [0.1, 0.15) is 5.82 Å². The van der Waals surface area contributed by atoms with Gasteiger partial charge in [-0.2, -0.15) is 0 Å². The Labute approximate surface area is 123 Å². The quantitative estimate of drug-likeness (QED) is 0.926. The summed E-state index contributed by atoms with van der Waals surface area (Å²) in [5.41, 5.74) is -0.337. The van der Waals surface area contributed by atoms with Crippen LogP contribution >= 0.6 is 0 Å². The molecule has 1 aliphatic carbocycles. The fourth-order valence-electron chi connectivity index (χ4n) is 2.85. The van der Waals surface area contributed by atoms with E-state index in [4.69, 9.17) is 5.11 Å². The molecule has 0 aliphatic heterocycles. The minimum atomic E-state index is -3.67. The van der Waals surface area contributed by atoms with Crippen LogP contribution in [0.2, 0.25) is 0 Å². The lowest BCUT2D eigenvalue weighted by molar-refractivity contribution is 0.0696. The molecule has 0 atom stereocenters. The molecule has 1 aromatic rings. The number of sulfone groups is 1. The van der Waals surface area contributed by atoms with Crippen LogP contribution in [0.15, 0.2) is 17.0 Å². The Hall–Kier alpha value is -1.43. The van der Waals surface area contributed by atoms with Gasteiger partial charge in [-0.25, -0.2) is 17.6 Å². The number of benzene rings is 1. The van der Waals surface area contributed by atoms with Gasteiger partial charge in [0, 0.05) is 5.56 Å². The minimum Gasteiger partial charge on any atom is -0.478 e. The molecule has 0 amide bonds. The van der Waals surface area contributed by atoms with Gasteiger partial charge in [-0.05, 0) is 37.8 Å². The van der Waals surface area contributed by atoms with Crippen LogP contribution in [-0.4, -0.2) is 25.2 Å². The smallest absolute Gasteiger partial charge is 0.335 e. The second-order valence-corrected chi connectivity index (χ2v) is 7.67. The lowest BCUT2D eigenvalue weighted by atomic mass is 9.91. The van der Waals surface area contributed by atoms with Crippen LogP contribution in [0.1, 0.15) is 48.0 Å². The van der Waals surface area contributed by atoms with E-state index in [9.17, 15) is 17.6 Å². The Morgan fingerprint density at radius 3 is 2.48 bits per heavy atom. The van der Waals surface area contributed by atoms with Gasteiger partial charge in [-0.15, -0.1) is 0 Å². The number of aromatic carboxylic acids is 1. The maximum atomic E-state index is 13.8. The number of carbonyl (C=O) groups is 1. The maximum absolute atomic E-state index is 13.8. The van der Waals surface area contributed by atoms with Gasteiger partial charge in [-0.3, -0.25) is 0 Å². The Bertz CT molecular complexity index is 646. The molecule has 0 heterocycles. The third-order valence-corrected chi connectivity index (χ3v) is 6.06. The summed E-state index contributed by atoms with van der Waals surface area (Å²) in [6.07, 6.45) is 4.88. The topological polar surface area (TPSA) is 71.4 Å². The fraction of sp³-hybridized carbons (Fsp3) is 0.533. The zero-order valence-electron chi connectivity index (χ0n) is 11.9. The molecule has 4 nitrogen and oxygen atoms in total. The van der Waals surface area contributed by atoms with Crippen molar-refractivity contribution >= 4 is 15.8 Å². The van der Waals surface area contributed by atoms with Crippen molar-refractivity contribution < 1.29 is 22.7 Å². The highest BCUT2D eigenvalue weighted by atomic mass is 32.2. The summed E-state index contributed by atoms with van der Waals surface area (Å²) in [6.45, 7) is 1.37. The monoisotopic (exact) mass is 314 g/mol. The summed E-state index contributed by atoms with van der Waals surface area (Å²) < 4.78 is 38.8. The molecular formula is C15H19FO4S. The molecule has 0 aromatic heterocycles. The van der Waals surface area contributed by atoms with E-state index in [2.05, 4.69) is 0 Å². The normalized spacial score (nSPS) is 16.9. The molecule has 0 bridgehead atoms. The van der Waals surface area contributed by atoms with Crippen molar-refractivity contribution in [2.24, 2.45) is 5.92 Å². The van der Waals surface area contributed by atoms with Crippen molar-refractivity contribution in [1.82, 2.24) is 0 Å². The maximum Gasteiger partial charge on any atom is 0.335 e. The van der Waals surface area contributed by atoms with E-state index >= 15 is 0 Å². The molecule has 21 heavy (non-hydrogen) atoms. The number of carboxylic acid groups (broad SMARTS) is 1. The van der Waals surface area contributed by atoms with E-state index in [0.29, 0.717) is 0 Å². The highest BCUT2D eigenvalue weighted by Crippen LogP contribution is 2.29. The van der Waals surface area contributed by atoms with Crippen LogP contribution in [0.3, 0.4) is 0 Å². The van der Waals surface area contributed by atoms with Gasteiger partial charge in [0.25, 0.3) is 0 Å². The first kappa shape index (κ1) is 15.9. The molecule has 1 saturated carbocycles. The SMILES string of the molecule is Cc1c(F)cc(C(=O)O)cc1S(=O)(=O)CC1CCCCC1. The van der Waals surface area contributed by atoms with Gasteiger partial charge in [0.2, 0.25) is 0 Å². The Morgan fingerprint density at radius 2 is 1.90 bits per heavy atom. The van der Waals surface area contributed by atoms with E-state index in [1.807, 2.05) is 0 Å². The van der Waals surface area contributed by atoms with E-state index in [-0.39, 0.29) is 27.7 Å². The molecular weight excluding hydrogens is 295 g/mol. The Kier molecular flexibility index (Phi) is 4.66. The van der Waals surface area contributed by atoms with Crippen molar-refractivity contribution in [1.29, 1.82) is 0 Å². The highest BCUT2D eigenvalue weighted by molar-refractivity contribution is 7.91. The highest BCUT2D eigenvalue weighted by Gasteiger charge is 2.26. The van der Waals surface area contributed by atoms with Crippen LogP contribution in [0.25, 0.3) is 0 Å². The van der Waals surface area contributed by atoms with Crippen LogP contribution in [0.4, 0.5) is 4.39 Å². The average molecular weight is 314 g/mol. The largest absolute Gasteiger partial charge is 0.478 e. The molecule has 0 unspecified atom stereocenters. The summed E-state index contributed by atoms with van der Waals surface area (Å²) in [7, 11) is -3.67. The van der Waals surface area contributed by atoms with Crippen LogP contribution < -0.4 is 0 Å². The first-order valence-electron chi connectivity index (χ1n) is 7.07. The molecule has 0 saturated heterocycles. The third-order valence-electron chi connectivity index (χ3n) is 4.06. The number of rotatable bonds is 4.